The van der Waals surface area contributed by atoms with Gasteiger partial charge in [-0.15, -0.1) is 0 Å². The van der Waals surface area contributed by atoms with Crippen molar-refractivity contribution in [1.82, 2.24) is 5.32 Å². The van der Waals surface area contributed by atoms with E-state index >= 15 is 0 Å². The fourth-order valence-electron chi connectivity index (χ4n) is 4.27. The lowest BCUT2D eigenvalue weighted by molar-refractivity contribution is 0.382. The van der Waals surface area contributed by atoms with E-state index in [0.717, 1.165) is 25.8 Å². The van der Waals surface area contributed by atoms with E-state index in [1.807, 2.05) is 12.1 Å². The predicted octanol–water partition coefficient (Wildman–Crippen LogP) is 5.57. The number of aryl methyl sites for hydroxylation is 2. The fourth-order valence-corrected chi connectivity index (χ4v) is 4.27. The molecule has 4 rings (SSSR count). The summed E-state index contributed by atoms with van der Waals surface area (Å²) in [5.41, 5.74) is 6.78. The number of halogens is 1. The first-order valence-corrected chi connectivity index (χ1v) is 9.81. The monoisotopic (exact) mass is 359 g/mol. The SMILES string of the molecule is Cc1ccccc1CNC1CCc2ccccc2[C@H]1Cc1ccc(F)cc1. The maximum atomic E-state index is 13.3. The van der Waals surface area contributed by atoms with Crippen molar-refractivity contribution in [2.24, 2.45) is 0 Å². The Balaban J connectivity index is 1.57. The Morgan fingerprint density at radius 3 is 2.48 bits per heavy atom. The van der Waals surface area contributed by atoms with Crippen molar-refractivity contribution in [2.75, 3.05) is 0 Å². The molecule has 2 atom stereocenters. The van der Waals surface area contributed by atoms with E-state index in [1.165, 1.54) is 27.8 Å². The Morgan fingerprint density at radius 1 is 0.926 bits per heavy atom. The van der Waals surface area contributed by atoms with Gasteiger partial charge in [-0.3, -0.25) is 0 Å². The number of benzene rings is 3. The van der Waals surface area contributed by atoms with Crippen LogP contribution >= 0.6 is 0 Å². The van der Waals surface area contributed by atoms with Crippen molar-refractivity contribution in [3.63, 3.8) is 0 Å². The Kier molecular flexibility index (Phi) is 5.35. The molecule has 0 saturated heterocycles. The molecule has 0 spiro atoms. The standard InChI is InChI=1S/C25H26FN/c1-18-6-2-3-8-21(18)17-27-25-15-12-20-7-4-5-9-23(20)24(25)16-19-10-13-22(26)14-11-19/h2-11,13-14,24-25,27H,12,15-17H2,1H3/t24-,25?/m1/s1. The molecular formula is C25H26FN. The first kappa shape index (κ1) is 17.9. The second kappa shape index (κ2) is 8.06. The molecule has 3 aromatic carbocycles. The highest BCUT2D eigenvalue weighted by atomic mass is 19.1. The molecule has 1 aliphatic rings. The number of nitrogens with one attached hydrogen (secondary N) is 1. The second-order valence-corrected chi connectivity index (χ2v) is 7.59. The van der Waals surface area contributed by atoms with Crippen LogP contribution in [0.2, 0.25) is 0 Å². The molecule has 0 saturated carbocycles. The summed E-state index contributed by atoms with van der Waals surface area (Å²) in [4.78, 5) is 0. The van der Waals surface area contributed by atoms with E-state index in [9.17, 15) is 4.39 Å². The molecule has 0 fully saturated rings. The van der Waals surface area contributed by atoms with Gasteiger partial charge in [-0.05, 0) is 66.1 Å². The fraction of sp³-hybridized carbons (Fsp3) is 0.280. The average Bonchev–Trinajstić information content (AvgIpc) is 2.70. The van der Waals surface area contributed by atoms with Crippen molar-refractivity contribution in [2.45, 2.75) is 44.7 Å². The van der Waals surface area contributed by atoms with Crippen LogP contribution in [0.15, 0.2) is 72.8 Å². The van der Waals surface area contributed by atoms with Crippen LogP contribution in [0.1, 0.15) is 40.2 Å². The Morgan fingerprint density at radius 2 is 1.67 bits per heavy atom. The number of fused-ring (bicyclic) bond motifs is 1. The van der Waals surface area contributed by atoms with Crippen molar-refractivity contribution < 1.29 is 4.39 Å². The lowest BCUT2D eigenvalue weighted by Gasteiger charge is -2.35. The minimum atomic E-state index is -0.169. The van der Waals surface area contributed by atoms with Crippen LogP contribution in [0.4, 0.5) is 4.39 Å². The molecule has 0 amide bonds. The third kappa shape index (κ3) is 4.12. The summed E-state index contributed by atoms with van der Waals surface area (Å²) in [5.74, 6) is 0.237. The van der Waals surface area contributed by atoms with Crippen LogP contribution in [0.25, 0.3) is 0 Å². The van der Waals surface area contributed by atoms with Gasteiger partial charge in [0.05, 0.1) is 0 Å². The summed E-state index contributed by atoms with van der Waals surface area (Å²) in [7, 11) is 0. The molecule has 138 valence electrons. The van der Waals surface area contributed by atoms with Gasteiger partial charge in [0.2, 0.25) is 0 Å². The second-order valence-electron chi connectivity index (χ2n) is 7.59. The molecule has 2 heteroatoms. The molecule has 0 aliphatic heterocycles. The normalized spacial score (nSPS) is 18.9. The molecule has 1 aliphatic carbocycles. The van der Waals surface area contributed by atoms with E-state index in [1.54, 1.807) is 12.1 Å². The zero-order chi connectivity index (χ0) is 18.6. The van der Waals surface area contributed by atoms with Gasteiger partial charge in [0.15, 0.2) is 0 Å². The highest BCUT2D eigenvalue weighted by molar-refractivity contribution is 5.36. The van der Waals surface area contributed by atoms with E-state index in [-0.39, 0.29) is 5.82 Å². The van der Waals surface area contributed by atoms with Gasteiger partial charge in [0, 0.05) is 18.5 Å². The third-order valence-corrected chi connectivity index (χ3v) is 5.85. The zero-order valence-corrected chi connectivity index (χ0v) is 15.8. The van der Waals surface area contributed by atoms with Gasteiger partial charge in [-0.2, -0.15) is 0 Å². The molecule has 1 nitrogen and oxygen atoms in total. The zero-order valence-electron chi connectivity index (χ0n) is 15.8. The maximum Gasteiger partial charge on any atom is 0.123 e. The van der Waals surface area contributed by atoms with Crippen LogP contribution in [-0.2, 0) is 19.4 Å². The summed E-state index contributed by atoms with van der Waals surface area (Å²) in [6.45, 7) is 3.06. The first-order valence-electron chi connectivity index (χ1n) is 9.81. The highest BCUT2D eigenvalue weighted by Crippen LogP contribution is 2.34. The summed E-state index contributed by atoms with van der Waals surface area (Å²) in [6.07, 6.45) is 3.18. The quantitative estimate of drug-likeness (QED) is 0.628. The lowest BCUT2D eigenvalue weighted by Crippen LogP contribution is -2.39. The Bertz CT molecular complexity index is 900. The van der Waals surface area contributed by atoms with E-state index in [4.69, 9.17) is 0 Å². The van der Waals surface area contributed by atoms with Crippen LogP contribution in [0.5, 0.6) is 0 Å². The summed E-state index contributed by atoms with van der Waals surface area (Å²) in [5, 5.41) is 3.83. The minimum Gasteiger partial charge on any atom is -0.309 e. The van der Waals surface area contributed by atoms with Gasteiger partial charge < -0.3 is 5.32 Å². The van der Waals surface area contributed by atoms with E-state index in [2.05, 4.69) is 60.8 Å². The van der Waals surface area contributed by atoms with Crippen LogP contribution in [0.3, 0.4) is 0 Å². The molecule has 3 aromatic rings. The van der Waals surface area contributed by atoms with Crippen molar-refractivity contribution in [3.05, 3.63) is 106 Å². The topological polar surface area (TPSA) is 12.0 Å². The molecule has 1 unspecified atom stereocenters. The predicted molar refractivity (Wildman–Crippen MR) is 109 cm³/mol. The van der Waals surface area contributed by atoms with Crippen molar-refractivity contribution in [3.8, 4) is 0 Å². The van der Waals surface area contributed by atoms with Crippen molar-refractivity contribution in [1.29, 1.82) is 0 Å². The van der Waals surface area contributed by atoms with Crippen LogP contribution < -0.4 is 5.32 Å². The molecule has 0 bridgehead atoms. The van der Waals surface area contributed by atoms with Gasteiger partial charge >= 0.3 is 0 Å². The maximum absolute atomic E-state index is 13.3. The lowest BCUT2D eigenvalue weighted by atomic mass is 9.76. The number of hydrogen-bond donors (Lipinski definition) is 1. The number of rotatable bonds is 5. The van der Waals surface area contributed by atoms with Crippen LogP contribution in [0, 0.1) is 12.7 Å². The molecule has 1 N–H and O–H groups in total. The summed E-state index contributed by atoms with van der Waals surface area (Å²) >= 11 is 0. The molecule has 0 radical (unpaired) electrons. The average molecular weight is 359 g/mol. The Hall–Kier alpha value is -2.45. The molecule has 27 heavy (non-hydrogen) atoms. The molecule has 0 aromatic heterocycles. The highest BCUT2D eigenvalue weighted by Gasteiger charge is 2.29. The van der Waals surface area contributed by atoms with Crippen molar-refractivity contribution >= 4 is 0 Å². The minimum absolute atomic E-state index is 0.169. The summed E-state index contributed by atoms with van der Waals surface area (Å²) < 4.78 is 13.3. The van der Waals surface area contributed by atoms with E-state index in [0.29, 0.717) is 12.0 Å². The smallest absolute Gasteiger partial charge is 0.123 e. The first-order chi connectivity index (χ1) is 13.2. The van der Waals surface area contributed by atoms with Gasteiger partial charge in [-0.25, -0.2) is 4.39 Å². The van der Waals surface area contributed by atoms with Gasteiger partial charge in [-0.1, -0.05) is 60.7 Å². The van der Waals surface area contributed by atoms with Crippen LogP contribution in [-0.4, -0.2) is 6.04 Å². The summed E-state index contributed by atoms with van der Waals surface area (Å²) in [6, 6.07) is 24.8. The van der Waals surface area contributed by atoms with E-state index < -0.39 is 0 Å². The molecule has 0 heterocycles. The third-order valence-electron chi connectivity index (χ3n) is 5.85. The largest absolute Gasteiger partial charge is 0.309 e. The van der Waals surface area contributed by atoms with Gasteiger partial charge in [0.25, 0.3) is 0 Å². The Labute approximate surface area is 161 Å². The van der Waals surface area contributed by atoms with Gasteiger partial charge in [0.1, 0.15) is 5.82 Å². The number of hydrogen-bond acceptors (Lipinski definition) is 1. The molecular weight excluding hydrogens is 333 g/mol.